The first-order chi connectivity index (χ1) is 9.24. The van der Waals surface area contributed by atoms with Gasteiger partial charge in [0.15, 0.2) is 0 Å². The highest BCUT2D eigenvalue weighted by Crippen LogP contribution is 2.21. The van der Waals surface area contributed by atoms with Gasteiger partial charge in [-0.1, -0.05) is 0 Å². The molecule has 19 heavy (non-hydrogen) atoms. The SMILES string of the molecule is COc1cc([C@H](O)CN2CCNCC2)ncc1C#N. The van der Waals surface area contributed by atoms with Crippen LogP contribution in [0.15, 0.2) is 12.3 Å². The maximum absolute atomic E-state index is 10.2. The first-order valence-electron chi connectivity index (χ1n) is 6.29. The van der Waals surface area contributed by atoms with Gasteiger partial charge in [-0.3, -0.25) is 9.88 Å². The van der Waals surface area contributed by atoms with E-state index in [0.717, 1.165) is 26.2 Å². The highest BCUT2D eigenvalue weighted by atomic mass is 16.5. The number of nitrogens with zero attached hydrogens (tertiary/aromatic N) is 3. The molecule has 1 atom stereocenters. The minimum Gasteiger partial charge on any atom is -0.495 e. The number of nitriles is 1. The number of rotatable bonds is 4. The summed E-state index contributed by atoms with van der Waals surface area (Å²) in [5, 5.41) is 22.4. The number of β-amino-alcohol motifs (C(OH)–C–C–N with tert-alkyl or cyclic N) is 1. The quantitative estimate of drug-likeness (QED) is 0.788. The Morgan fingerprint density at radius 3 is 2.95 bits per heavy atom. The van der Waals surface area contributed by atoms with Crippen LogP contribution in [0.3, 0.4) is 0 Å². The van der Waals surface area contributed by atoms with Crippen molar-refractivity contribution >= 4 is 0 Å². The summed E-state index contributed by atoms with van der Waals surface area (Å²) in [7, 11) is 1.50. The second kappa shape index (κ2) is 6.48. The molecule has 0 spiro atoms. The van der Waals surface area contributed by atoms with Crippen LogP contribution < -0.4 is 10.1 Å². The van der Waals surface area contributed by atoms with Crippen LogP contribution >= 0.6 is 0 Å². The molecule has 0 bridgehead atoms. The number of aliphatic hydroxyl groups excluding tert-OH is 1. The molecule has 0 aliphatic carbocycles. The molecule has 1 fully saturated rings. The minimum absolute atomic E-state index is 0.376. The van der Waals surface area contributed by atoms with Gasteiger partial charge in [0.05, 0.1) is 12.8 Å². The van der Waals surface area contributed by atoms with E-state index >= 15 is 0 Å². The fourth-order valence-electron chi connectivity index (χ4n) is 2.12. The topological polar surface area (TPSA) is 81.4 Å². The highest BCUT2D eigenvalue weighted by molar-refractivity contribution is 5.42. The van der Waals surface area contributed by atoms with E-state index in [2.05, 4.69) is 15.2 Å². The number of hydrogen-bond donors (Lipinski definition) is 2. The zero-order valence-corrected chi connectivity index (χ0v) is 11.0. The standard InChI is InChI=1S/C13H18N4O2/c1-19-13-6-11(16-8-10(13)7-14)12(18)9-17-4-2-15-3-5-17/h6,8,12,15,18H,2-5,9H2,1H3/t12-/m1/s1. The number of aromatic nitrogens is 1. The number of pyridine rings is 1. The predicted molar refractivity (Wildman–Crippen MR) is 69.8 cm³/mol. The van der Waals surface area contributed by atoms with Gasteiger partial charge in [0.1, 0.15) is 23.5 Å². The summed E-state index contributed by atoms with van der Waals surface area (Å²) in [6.07, 6.45) is 0.773. The van der Waals surface area contributed by atoms with Crippen molar-refractivity contribution in [3.63, 3.8) is 0 Å². The minimum atomic E-state index is -0.667. The van der Waals surface area contributed by atoms with E-state index in [1.54, 1.807) is 6.07 Å². The van der Waals surface area contributed by atoms with Crippen molar-refractivity contribution in [1.29, 1.82) is 5.26 Å². The van der Waals surface area contributed by atoms with Crippen LogP contribution in [-0.4, -0.2) is 54.8 Å². The number of hydrogen-bond acceptors (Lipinski definition) is 6. The van der Waals surface area contributed by atoms with Crippen LogP contribution in [0.2, 0.25) is 0 Å². The average Bonchev–Trinajstić information content (AvgIpc) is 2.47. The largest absolute Gasteiger partial charge is 0.495 e. The summed E-state index contributed by atoms with van der Waals surface area (Å²) in [5.41, 5.74) is 0.912. The fraction of sp³-hybridized carbons (Fsp3) is 0.538. The molecule has 2 heterocycles. The fourth-order valence-corrected chi connectivity index (χ4v) is 2.12. The molecule has 1 aromatic heterocycles. The predicted octanol–water partition coefficient (Wildman–Crippen LogP) is -0.0995. The highest BCUT2D eigenvalue weighted by Gasteiger charge is 2.18. The van der Waals surface area contributed by atoms with Crippen LogP contribution in [0, 0.1) is 11.3 Å². The molecule has 6 nitrogen and oxygen atoms in total. The van der Waals surface area contributed by atoms with Crippen molar-refractivity contribution in [1.82, 2.24) is 15.2 Å². The summed E-state index contributed by atoms with van der Waals surface area (Å²) in [6.45, 7) is 4.27. The molecule has 102 valence electrons. The molecule has 0 unspecified atom stereocenters. The third kappa shape index (κ3) is 3.41. The van der Waals surface area contributed by atoms with Gasteiger partial charge in [-0.2, -0.15) is 5.26 Å². The summed E-state index contributed by atoms with van der Waals surface area (Å²) in [4.78, 5) is 6.32. The van der Waals surface area contributed by atoms with Crippen molar-refractivity contribution in [2.75, 3.05) is 39.8 Å². The molecule has 1 aliphatic heterocycles. The third-order valence-electron chi connectivity index (χ3n) is 3.21. The molecule has 2 rings (SSSR count). The van der Waals surface area contributed by atoms with Gasteiger partial charge < -0.3 is 15.2 Å². The Balaban J connectivity index is 2.06. The Hall–Kier alpha value is -1.68. The molecular formula is C13H18N4O2. The lowest BCUT2D eigenvalue weighted by Gasteiger charge is -2.28. The zero-order valence-electron chi connectivity index (χ0n) is 11.0. The second-order valence-corrected chi connectivity index (χ2v) is 4.49. The maximum Gasteiger partial charge on any atom is 0.140 e. The lowest BCUT2D eigenvalue weighted by Crippen LogP contribution is -2.45. The first-order valence-corrected chi connectivity index (χ1v) is 6.29. The van der Waals surface area contributed by atoms with Crippen molar-refractivity contribution in [3.05, 3.63) is 23.5 Å². The second-order valence-electron chi connectivity index (χ2n) is 4.49. The Morgan fingerprint density at radius 2 is 2.32 bits per heavy atom. The van der Waals surface area contributed by atoms with Gasteiger partial charge >= 0.3 is 0 Å². The van der Waals surface area contributed by atoms with E-state index < -0.39 is 6.10 Å². The number of methoxy groups -OCH3 is 1. The van der Waals surface area contributed by atoms with Crippen molar-refractivity contribution in [2.45, 2.75) is 6.10 Å². The van der Waals surface area contributed by atoms with Crippen LogP contribution in [0.4, 0.5) is 0 Å². The zero-order chi connectivity index (χ0) is 13.7. The van der Waals surface area contributed by atoms with Crippen molar-refractivity contribution in [3.8, 4) is 11.8 Å². The lowest BCUT2D eigenvalue weighted by atomic mass is 10.1. The van der Waals surface area contributed by atoms with E-state index in [4.69, 9.17) is 10.00 Å². The Kier molecular flexibility index (Phi) is 4.68. The Morgan fingerprint density at radius 1 is 1.58 bits per heavy atom. The molecule has 2 N–H and O–H groups in total. The summed E-state index contributed by atoms with van der Waals surface area (Å²) in [5.74, 6) is 0.451. The van der Waals surface area contributed by atoms with Gasteiger partial charge in [0, 0.05) is 45.0 Å². The molecule has 1 saturated heterocycles. The van der Waals surface area contributed by atoms with Crippen LogP contribution in [0.25, 0.3) is 0 Å². The van der Waals surface area contributed by atoms with Crippen molar-refractivity contribution in [2.24, 2.45) is 0 Å². The van der Waals surface area contributed by atoms with Gasteiger partial charge in [-0.25, -0.2) is 0 Å². The van der Waals surface area contributed by atoms with Crippen molar-refractivity contribution < 1.29 is 9.84 Å². The van der Waals surface area contributed by atoms with Gasteiger partial charge in [0.25, 0.3) is 0 Å². The van der Waals surface area contributed by atoms with Gasteiger partial charge in [-0.15, -0.1) is 0 Å². The molecule has 0 saturated carbocycles. The maximum atomic E-state index is 10.2. The normalized spacial score (nSPS) is 17.7. The molecule has 1 aliphatic rings. The molecule has 0 aromatic carbocycles. The molecule has 6 heteroatoms. The van der Waals surface area contributed by atoms with E-state index in [9.17, 15) is 5.11 Å². The van der Waals surface area contributed by atoms with E-state index in [1.165, 1.54) is 13.3 Å². The molecule has 1 aromatic rings. The summed E-state index contributed by atoms with van der Waals surface area (Å²) in [6, 6.07) is 3.64. The molecule has 0 radical (unpaired) electrons. The number of nitrogens with one attached hydrogen (secondary N) is 1. The van der Waals surface area contributed by atoms with E-state index in [-0.39, 0.29) is 0 Å². The summed E-state index contributed by atoms with van der Waals surface area (Å²) >= 11 is 0. The molecular weight excluding hydrogens is 244 g/mol. The lowest BCUT2D eigenvalue weighted by molar-refractivity contribution is 0.102. The van der Waals surface area contributed by atoms with E-state index in [0.29, 0.717) is 23.6 Å². The Bertz CT molecular complexity index is 466. The third-order valence-corrected chi connectivity index (χ3v) is 3.21. The van der Waals surface area contributed by atoms with Gasteiger partial charge in [-0.05, 0) is 0 Å². The molecule has 0 amide bonds. The Labute approximate surface area is 112 Å². The summed E-state index contributed by atoms with van der Waals surface area (Å²) < 4.78 is 5.12. The van der Waals surface area contributed by atoms with Crippen LogP contribution in [0.5, 0.6) is 5.75 Å². The van der Waals surface area contributed by atoms with Gasteiger partial charge in [0.2, 0.25) is 0 Å². The smallest absolute Gasteiger partial charge is 0.140 e. The number of aliphatic hydroxyl groups is 1. The first kappa shape index (κ1) is 13.7. The average molecular weight is 262 g/mol. The van der Waals surface area contributed by atoms with Crippen LogP contribution in [0.1, 0.15) is 17.4 Å². The number of piperazine rings is 1. The van der Waals surface area contributed by atoms with Crippen LogP contribution in [-0.2, 0) is 0 Å². The van der Waals surface area contributed by atoms with E-state index in [1.807, 2.05) is 6.07 Å². The number of ether oxygens (including phenoxy) is 1. The monoisotopic (exact) mass is 262 g/mol.